The maximum Gasteiger partial charge on any atom is 0.322 e. The number of carbonyl (C=O) groups is 1. The molecule has 0 aromatic heterocycles. The second kappa shape index (κ2) is 6.44. The zero-order chi connectivity index (χ0) is 15.5. The third-order valence-corrected chi connectivity index (χ3v) is 5.43. The molecule has 1 aliphatic heterocycles. The van der Waals surface area contributed by atoms with Crippen molar-refractivity contribution in [3.8, 4) is 5.75 Å². The molecule has 2 rings (SSSR count). The van der Waals surface area contributed by atoms with Crippen LogP contribution >= 0.6 is 0 Å². The number of carboxylic acids is 1. The summed E-state index contributed by atoms with van der Waals surface area (Å²) in [5.74, 6) is -0.714. The number of carboxylic acid groups (broad SMARTS) is 1. The van der Waals surface area contributed by atoms with Crippen LogP contribution in [0.3, 0.4) is 0 Å². The quantitative estimate of drug-likeness (QED) is 0.890. The van der Waals surface area contributed by atoms with Crippen molar-refractivity contribution in [2.45, 2.75) is 31.1 Å². The molecule has 1 unspecified atom stereocenters. The standard InChI is InChI=1S/C14H19NO5S/c1-20-12-6-4-5-11(9-12)10-21(18,19)15-8-3-2-7-13(15)14(16)17/h4-6,9,13H,2-3,7-8,10H2,1H3,(H,16,17). The lowest BCUT2D eigenvalue weighted by Gasteiger charge is -2.31. The van der Waals surface area contributed by atoms with Gasteiger partial charge in [-0.25, -0.2) is 8.42 Å². The highest BCUT2D eigenvalue weighted by Gasteiger charge is 2.36. The Morgan fingerprint density at radius 3 is 2.86 bits per heavy atom. The molecule has 0 bridgehead atoms. The number of sulfonamides is 1. The van der Waals surface area contributed by atoms with E-state index in [-0.39, 0.29) is 12.3 Å². The van der Waals surface area contributed by atoms with Gasteiger partial charge >= 0.3 is 5.97 Å². The number of ether oxygens (including phenoxy) is 1. The lowest BCUT2D eigenvalue weighted by atomic mass is 10.1. The minimum Gasteiger partial charge on any atom is -0.497 e. The zero-order valence-electron chi connectivity index (χ0n) is 11.9. The molecule has 0 radical (unpaired) electrons. The fraction of sp³-hybridized carbons (Fsp3) is 0.500. The number of rotatable bonds is 5. The summed E-state index contributed by atoms with van der Waals surface area (Å²) in [5, 5.41) is 9.19. The Morgan fingerprint density at radius 1 is 1.43 bits per heavy atom. The van der Waals surface area contributed by atoms with Gasteiger partial charge in [-0.3, -0.25) is 4.79 Å². The van der Waals surface area contributed by atoms with Gasteiger partial charge in [0.25, 0.3) is 0 Å². The topological polar surface area (TPSA) is 83.9 Å². The molecule has 0 saturated carbocycles. The Balaban J connectivity index is 2.21. The van der Waals surface area contributed by atoms with Crippen molar-refractivity contribution in [1.82, 2.24) is 4.31 Å². The average molecular weight is 313 g/mol. The van der Waals surface area contributed by atoms with E-state index >= 15 is 0 Å². The summed E-state index contributed by atoms with van der Waals surface area (Å²) < 4.78 is 31.2. The summed E-state index contributed by atoms with van der Waals surface area (Å²) in [6, 6.07) is 5.84. The first-order valence-electron chi connectivity index (χ1n) is 6.79. The van der Waals surface area contributed by atoms with Crippen LogP contribution in [0.5, 0.6) is 5.75 Å². The van der Waals surface area contributed by atoms with Gasteiger partial charge in [0.1, 0.15) is 11.8 Å². The Hall–Kier alpha value is -1.60. The molecule has 116 valence electrons. The summed E-state index contributed by atoms with van der Waals surface area (Å²) in [7, 11) is -2.15. The molecule has 6 nitrogen and oxygen atoms in total. The number of hydrogen-bond acceptors (Lipinski definition) is 4. The first-order valence-corrected chi connectivity index (χ1v) is 8.40. The number of methoxy groups -OCH3 is 1. The number of nitrogens with zero attached hydrogens (tertiary/aromatic N) is 1. The van der Waals surface area contributed by atoms with E-state index in [0.29, 0.717) is 24.2 Å². The van der Waals surface area contributed by atoms with Crippen molar-refractivity contribution in [3.05, 3.63) is 29.8 Å². The molecule has 1 aromatic carbocycles. The highest BCUT2D eigenvalue weighted by atomic mass is 32.2. The lowest BCUT2D eigenvalue weighted by molar-refractivity contribution is -0.142. The molecular weight excluding hydrogens is 294 g/mol. The van der Waals surface area contributed by atoms with Crippen molar-refractivity contribution in [2.24, 2.45) is 0 Å². The van der Waals surface area contributed by atoms with Crippen LogP contribution in [-0.2, 0) is 20.6 Å². The molecule has 1 heterocycles. The van der Waals surface area contributed by atoms with Crippen molar-refractivity contribution < 1.29 is 23.1 Å². The van der Waals surface area contributed by atoms with Crippen LogP contribution in [0.25, 0.3) is 0 Å². The fourth-order valence-corrected chi connectivity index (χ4v) is 4.30. The smallest absolute Gasteiger partial charge is 0.322 e. The monoisotopic (exact) mass is 313 g/mol. The largest absolute Gasteiger partial charge is 0.497 e. The normalized spacial score (nSPS) is 20.1. The van der Waals surface area contributed by atoms with E-state index in [1.165, 1.54) is 7.11 Å². The molecule has 1 aromatic rings. The Bertz CT molecular complexity index is 614. The third kappa shape index (κ3) is 3.74. The van der Waals surface area contributed by atoms with Crippen molar-refractivity contribution >= 4 is 16.0 Å². The van der Waals surface area contributed by atoms with Gasteiger partial charge in [0.15, 0.2) is 0 Å². The van der Waals surface area contributed by atoms with E-state index in [4.69, 9.17) is 4.74 Å². The van der Waals surface area contributed by atoms with Gasteiger partial charge in [-0.05, 0) is 37.0 Å². The summed E-state index contributed by atoms with van der Waals surface area (Å²) in [5.41, 5.74) is 0.587. The van der Waals surface area contributed by atoms with Gasteiger partial charge < -0.3 is 9.84 Å². The Kier molecular flexibility index (Phi) is 4.84. The third-order valence-electron chi connectivity index (χ3n) is 3.58. The van der Waals surface area contributed by atoms with Gasteiger partial charge in [0, 0.05) is 6.54 Å². The van der Waals surface area contributed by atoms with E-state index in [0.717, 1.165) is 10.7 Å². The Labute approximate surface area is 124 Å². The van der Waals surface area contributed by atoms with Gasteiger partial charge in [0.05, 0.1) is 12.9 Å². The number of piperidine rings is 1. The average Bonchev–Trinajstić information content (AvgIpc) is 2.47. The molecule has 1 fully saturated rings. The van der Waals surface area contributed by atoms with Crippen LogP contribution in [0.15, 0.2) is 24.3 Å². The van der Waals surface area contributed by atoms with Crippen molar-refractivity contribution in [3.63, 3.8) is 0 Å². The van der Waals surface area contributed by atoms with Crippen LogP contribution in [0.1, 0.15) is 24.8 Å². The second-order valence-electron chi connectivity index (χ2n) is 5.07. The number of benzene rings is 1. The molecule has 1 atom stereocenters. The van der Waals surface area contributed by atoms with E-state index in [1.54, 1.807) is 24.3 Å². The molecule has 1 aliphatic rings. The summed E-state index contributed by atoms with van der Waals surface area (Å²) in [6.07, 6.45) is 1.80. The van der Waals surface area contributed by atoms with Crippen LogP contribution < -0.4 is 4.74 Å². The van der Waals surface area contributed by atoms with Gasteiger partial charge in [-0.1, -0.05) is 12.1 Å². The summed E-state index contributed by atoms with van der Waals surface area (Å²) in [6.45, 7) is 0.267. The zero-order valence-corrected chi connectivity index (χ0v) is 12.7. The first-order chi connectivity index (χ1) is 9.94. The molecule has 0 spiro atoms. The lowest BCUT2D eigenvalue weighted by Crippen LogP contribution is -2.48. The van der Waals surface area contributed by atoms with Crippen LogP contribution in [0.4, 0.5) is 0 Å². The van der Waals surface area contributed by atoms with Crippen LogP contribution in [0.2, 0.25) is 0 Å². The van der Waals surface area contributed by atoms with Gasteiger partial charge in [-0.2, -0.15) is 4.31 Å². The number of aliphatic carboxylic acids is 1. The first kappa shape index (κ1) is 15.8. The predicted molar refractivity (Wildman–Crippen MR) is 77.6 cm³/mol. The maximum absolute atomic E-state index is 12.5. The minimum atomic E-state index is -3.66. The van der Waals surface area contributed by atoms with E-state index < -0.39 is 22.0 Å². The summed E-state index contributed by atoms with van der Waals surface area (Å²) >= 11 is 0. The Morgan fingerprint density at radius 2 is 2.19 bits per heavy atom. The van der Waals surface area contributed by atoms with Gasteiger partial charge in [-0.15, -0.1) is 0 Å². The molecule has 0 amide bonds. The van der Waals surface area contributed by atoms with Gasteiger partial charge in [0.2, 0.25) is 10.0 Å². The maximum atomic E-state index is 12.5. The molecule has 1 saturated heterocycles. The molecular formula is C14H19NO5S. The minimum absolute atomic E-state index is 0.214. The number of hydrogen-bond donors (Lipinski definition) is 1. The second-order valence-corrected chi connectivity index (χ2v) is 6.99. The summed E-state index contributed by atoms with van der Waals surface area (Å²) in [4.78, 5) is 11.2. The van der Waals surface area contributed by atoms with E-state index in [9.17, 15) is 18.3 Å². The highest BCUT2D eigenvalue weighted by Crippen LogP contribution is 2.24. The molecule has 1 N–H and O–H groups in total. The van der Waals surface area contributed by atoms with Crippen molar-refractivity contribution in [2.75, 3.05) is 13.7 Å². The highest BCUT2D eigenvalue weighted by molar-refractivity contribution is 7.88. The molecule has 21 heavy (non-hydrogen) atoms. The molecule has 0 aliphatic carbocycles. The van der Waals surface area contributed by atoms with Crippen molar-refractivity contribution in [1.29, 1.82) is 0 Å². The van der Waals surface area contributed by atoms with E-state index in [2.05, 4.69) is 0 Å². The van der Waals surface area contributed by atoms with Crippen LogP contribution in [0, 0.1) is 0 Å². The van der Waals surface area contributed by atoms with Crippen LogP contribution in [-0.4, -0.2) is 43.5 Å². The van der Waals surface area contributed by atoms with E-state index in [1.807, 2.05) is 0 Å². The predicted octanol–water partition coefficient (Wildman–Crippen LogP) is 1.46. The molecule has 7 heteroatoms. The fourth-order valence-electron chi connectivity index (χ4n) is 2.54. The SMILES string of the molecule is COc1cccc(CS(=O)(=O)N2CCCCC2C(=O)O)c1.